The number of rotatable bonds is 14. The Balaban J connectivity index is 1.51. The van der Waals surface area contributed by atoms with Crippen LogP contribution >= 0.6 is 23.4 Å². The van der Waals surface area contributed by atoms with E-state index < -0.39 is 11.5 Å². The van der Waals surface area contributed by atoms with Crippen molar-refractivity contribution in [2.45, 2.75) is 58.2 Å². The molecule has 2 heterocycles. The van der Waals surface area contributed by atoms with E-state index in [9.17, 15) is 4.79 Å². The van der Waals surface area contributed by atoms with E-state index in [1.807, 2.05) is 31.2 Å². The fraction of sp³-hybridized carbons (Fsp3) is 0.387. The van der Waals surface area contributed by atoms with Crippen molar-refractivity contribution in [2.24, 2.45) is 5.73 Å². The van der Waals surface area contributed by atoms with Crippen LogP contribution in [-0.2, 0) is 13.0 Å². The number of H-pyrrole nitrogens is 1. The third-order valence-corrected chi connectivity index (χ3v) is 8.08. The highest BCUT2D eigenvalue weighted by Crippen LogP contribution is 2.31. The maximum Gasteiger partial charge on any atom is 0.354 e. The average Bonchev–Trinajstić information content (AvgIpc) is 3.35. The minimum Gasteiger partial charge on any atom is -0.374 e. The van der Waals surface area contributed by atoms with Crippen LogP contribution in [0.4, 0.5) is 4.39 Å². The number of amidine groups is 1. The van der Waals surface area contributed by atoms with Gasteiger partial charge in [0.25, 0.3) is 0 Å². The molecule has 0 radical (unpaired) electrons. The van der Waals surface area contributed by atoms with E-state index in [1.165, 1.54) is 4.57 Å². The topological polar surface area (TPSA) is 125 Å². The summed E-state index contributed by atoms with van der Waals surface area (Å²) >= 11 is 8.03. The van der Waals surface area contributed by atoms with E-state index in [-0.39, 0.29) is 11.1 Å². The molecule has 0 amide bonds. The summed E-state index contributed by atoms with van der Waals surface area (Å²) in [5, 5.41) is 14.9. The van der Waals surface area contributed by atoms with Gasteiger partial charge < -0.3 is 21.4 Å². The lowest BCUT2D eigenvalue weighted by atomic mass is 10.0. The fourth-order valence-electron chi connectivity index (χ4n) is 4.85. The standard InChI is InChI=1S/C31H39ClFN7OS/c1-19(34)5-4-6-22-13-26(29(33)27(32)14-22)28-15-23-17-40(31(41)39-30(23)38-28)25-9-7-21(8-10-25)16-37-24(18-42-3)11-12-36-20(2)35/h7-10,13-15,17,19,24,37H,4-6,11-12,16,18,34H2,1-3H3,(H2,35,36)(H,38,39,41)/t19-,24+/m0/s1. The van der Waals surface area contributed by atoms with E-state index in [1.54, 1.807) is 43.1 Å². The van der Waals surface area contributed by atoms with Gasteiger partial charge in [0.2, 0.25) is 0 Å². The summed E-state index contributed by atoms with van der Waals surface area (Å²) in [7, 11) is 0. The van der Waals surface area contributed by atoms with Gasteiger partial charge in [0.15, 0.2) is 5.82 Å². The highest BCUT2D eigenvalue weighted by molar-refractivity contribution is 7.98. The van der Waals surface area contributed by atoms with Crippen molar-refractivity contribution in [3.63, 3.8) is 0 Å². The maximum atomic E-state index is 15.1. The Morgan fingerprint density at radius 1 is 1.21 bits per heavy atom. The molecule has 0 bridgehead atoms. The average molecular weight is 612 g/mol. The number of aromatic nitrogens is 3. The first-order chi connectivity index (χ1) is 20.1. The summed E-state index contributed by atoms with van der Waals surface area (Å²) in [5.41, 5.74) is 9.39. The zero-order valence-electron chi connectivity index (χ0n) is 24.3. The molecule has 0 saturated carbocycles. The van der Waals surface area contributed by atoms with Crippen LogP contribution in [0.3, 0.4) is 0 Å². The van der Waals surface area contributed by atoms with Crippen LogP contribution in [-0.4, -0.2) is 51.0 Å². The number of aryl methyl sites for hydroxylation is 1. The van der Waals surface area contributed by atoms with Gasteiger partial charge in [0.1, 0.15) is 5.65 Å². The van der Waals surface area contributed by atoms with Gasteiger partial charge >= 0.3 is 5.69 Å². The van der Waals surface area contributed by atoms with Crippen LogP contribution in [0.5, 0.6) is 0 Å². The Labute approximate surface area is 255 Å². The minimum absolute atomic E-state index is 0.0574. The zero-order chi connectivity index (χ0) is 30.2. The second-order valence-corrected chi connectivity index (χ2v) is 12.0. The number of hydrogen-bond donors (Lipinski definition) is 5. The second-order valence-electron chi connectivity index (χ2n) is 10.7. The van der Waals surface area contributed by atoms with Gasteiger partial charge in [-0.25, -0.2) is 9.18 Å². The van der Waals surface area contributed by atoms with Gasteiger partial charge in [-0.15, -0.1) is 0 Å². The molecule has 2 aromatic heterocycles. The third kappa shape index (κ3) is 8.44. The summed E-state index contributed by atoms with van der Waals surface area (Å²) in [6, 6.07) is 13.4. The molecule has 42 heavy (non-hydrogen) atoms. The largest absolute Gasteiger partial charge is 0.374 e. The molecule has 0 saturated heterocycles. The molecule has 0 aliphatic heterocycles. The molecule has 0 aliphatic carbocycles. The van der Waals surface area contributed by atoms with Crippen molar-refractivity contribution >= 4 is 40.2 Å². The molecule has 2 aromatic carbocycles. The number of aromatic amines is 1. The molecule has 11 heteroatoms. The van der Waals surface area contributed by atoms with Gasteiger partial charge in [-0.1, -0.05) is 23.7 Å². The Hall–Kier alpha value is -3.18. The summed E-state index contributed by atoms with van der Waals surface area (Å²) < 4.78 is 16.6. The molecule has 2 atom stereocenters. The quantitative estimate of drug-likeness (QED) is 0.0928. The van der Waals surface area contributed by atoms with Gasteiger partial charge in [0, 0.05) is 48.1 Å². The Morgan fingerprint density at radius 2 is 1.98 bits per heavy atom. The monoisotopic (exact) mass is 611 g/mol. The third-order valence-electron chi connectivity index (χ3n) is 7.07. The lowest BCUT2D eigenvalue weighted by molar-refractivity contribution is 0.517. The SMILES string of the molecule is CSC[C@@H](CCNC(C)=N)NCc1ccc(-n2cc3cc(-c4cc(CCC[C@H](C)N)cc(Cl)c4F)[nH]c3nc2=O)cc1. The van der Waals surface area contributed by atoms with E-state index >= 15 is 4.39 Å². The molecule has 224 valence electrons. The van der Waals surface area contributed by atoms with Gasteiger partial charge in [0.05, 0.1) is 22.2 Å². The van der Waals surface area contributed by atoms with Crippen LogP contribution in [0.1, 0.15) is 44.2 Å². The molecule has 6 N–H and O–H groups in total. The molecule has 0 aliphatic rings. The smallest absolute Gasteiger partial charge is 0.354 e. The highest BCUT2D eigenvalue weighted by atomic mass is 35.5. The van der Waals surface area contributed by atoms with Crippen molar-refractivity contribution in [1.82, 2.24) is 25.2 Å². The van der Waals surface area contributed by atoms with Crippen molar-refractivity contribution in [3.8, 4) is 16.9 Å². The number of nitrogens with two attached hydrogens (primary N) is 1. The van der Waals surface area contributed by atoms with Gasteiger partial charge in [-0.2, -0.15) is 16.7 Å². The second kappa shape index (κ2) is 14.8. The Morgan fingerprint density at radius 3 is 2.67 bits per heavy atom. The van der Waals surface area contributed by atoms with Crippen LogP contribution < -0.4 is 22.1 Å². The van der Waals surface area contributed by atoms with Crippen LogP contribution in [0.15, 0.2) is 53.5 Å². The summed E-state index contributed by atoms with van der Waals surface area (Å²) in [6.07, 6.45) is 7.21. The van der Waals surface area contributed by atoms with Crippen LogP contribution in [0.25, 0.3) is 28.0 Å². The van der Waals surface area contributed by atoms with E-state index in [0.717, 1.165) is 49.1 Å². The number of benzene rings is 2. The van der Waals surface area contributed by atoms with Crippen molar-refractivity contribution in [3.05, 3.63) is 81.1 Å². The van der Waals surface area contributed by atoms with Gasteiger partial charge in [-0.3, -0.25) is 9.98 Å². The minimum atomic E-state index is -0.514. The number of halogens is 2. The number of fused-ring (bicyclic) bond motifs is 1. The fourth-order valence-corrected chi connectivity index (χ4v) is 5.78. The van der Waals surface area contributed by atoms with Crippen molar-refractivity contribution < 1.29 is 4.39 Å². The molecule has 4 rings (SSSR count). The maximum absolute atomic E-state index is 15.1. The summed E-state index contributed by atoms with van der Waals surface area (Å²) in [6.45, 7) is 5.16. The predicted octanol–water partition coefficient (Wildman–Crippen LogP) is 5.64. The number of thioether (sulfide) groups is 1. The van der Waals surface area contributed by atoms with Crippen molar-refractivity contribution in [2.75, 3.05) is 18.6 Å². The molecule has 0 spiro atoms. The molecule has 4 aromatic rings. The number of hydrogen-bond acceptors (Lipinski definition) is 6. The van der Waals surface area contributed by atoms with Crippen molar-refractivity contribution in [1.29, 1.82) is 5.41 Å². The first kappa shape index (κ1) is 31.7. The molecular formula is C31H39ClFN7OS. The first-order valence-corrected chi connectivity index (χ1v) is 15.9. The normalized spacial score (nSPS) is 12.9. The zero-order valence-corrected chi connectivity index (χ0v) is 25.8. The van der Waals surface area contributed by atoms with Gasteiger partial charge in [-0.05, 0) is 87.2 Å². The van der Waals surface area contributed by atoms with E-state index in [2.05, 4.69) is 26.9 Å². The molecular weight excluding hydrogens is 573 g/mol. The Kier molecular flexibility index (Phi) is 11.2. The molecule has 0 unspecified atom stereocenters. The summed E-state index contributed by atoms with van der Waals surface area (Å²) in [5.74, 6) is 0.936. The lowest BCUT2D eigenvalue weighted by Gasteiger charge is -2.18. The lowest BCUT2D eigenvalue weighted by Crippen LogP contribution is -2.35. The van der Waals surface area contributed by atoms with E-state index in [0.29, 0.717) is 46.4 Å². The summed E-state index contributed by atoms with van der Waals surface area (Å²) in [4.78, 5) is 20.3. The number of nitrogens with zero attached hydrogens (tertiary/aromatic N) is 2. The number of nitrogens with one attached hydrogen (secondary N) is 4. The highest BCUT2D eigenvalue weighted by Gasteiger charge is 2.16. The predicted molar refractivity (Wildman–Crippen MR) is 174 cm³/mol. The van der Waals surface area contributed by atoms with Crippen LogP contribution in [0, 0.1) is 11.2 Å². The first-order valence-electron chi connectivity index (χ1n) is 14.1. The molecule has 0 fully saturated rings. The molecule has 8 nitrogen and oxygen atoms in total. The van der Waals surface area contributed by atoms with E-state index in [4.69, 9.17) is 22.7 Å². The Bertz CT molecular complexity index is 1570. The van der Waals surface area contributed by atoms with Crippen LogP contribution in [0.2, 0.25) is 5.02 Å².